The van der Waals surface area contributed by atoms with E-state index in [4.69, 9.17) is 11.6 Å². The van der Waals surface area contributed by atoms with E-state index in [1.165, 1.54) is 0 Å². The molecule has 3 nitrogen and oxygen atoms in total. The summed E-state index contributed by atoms with van der Waals surface area (Å²) in [6.07, 6.45) is 5.66. The number of benzene rings is 1. The van der Waals surface area contributed by atoms with Crippen molar-refractivity contribution in [1.82, 2.24) is 5.32 Å². The van der Waals surface area contributed by atoms with Crippen LogP contribution in [-0.2, 0) is 0 Å². The van der Waals surface area contributed by atoms with Crippen molar-refractivity contribution in [3.05, 3.63) is 59.7 Å². The van der Waals surface area contributed by atoms with E-state index in [0.29, 0.717) is 5.29 Å². The lowest BCUT2D eigenvalue weighted by Gasteiger charge is -2.19. The van der Waals surface area contributed by atoms with Crippen molar-refractivity contribution >= 4 is 22.7 Å². The minimum atomic E-state index is -0.287. The summed E-state index contributed by atoms with van der Waals surface area (Å²) in [6, 6.07) is 9.90. The summed E-state index contributed by atoms with van der Waals surface area (Å²) in [5, 5.41) is 3.36. The molecule has 98 valence electrons. The number of allylic oxidation sites excluding steroid dienone is 2. The maximum absolute atomic E-state index is 6.06. The highest BCUT2D eigenvalue weighted by molar-refractivity contribution is 6.66. The van der Waals surface area contributed by atoms with Crippen LogP contribution < -0.4 is 5.32 Å². The molecule has 19 heavy (non-hydrogen) atoms. The highest BCUT2D eigenvalue weighted by atomic mass is 35.5. The van der Waals surface area contributed by atoms with Gasteiger partial charge in [-0.05, 0) is 31.0 Å². The average molecular weight is 274 g/mol. The van der Waals surface area contributed by atoms with Crippen LogP contribution in [0.5, 0.6) is 0 Å². The Hall–Kier alpha value is -1.87. The summed E-state index contributed by atoms with van der Waals surface area (Å²) in [5.41, 5.74) is 2.02. The van der Waals surface area contributed by atoms with Crippen LogP contribution in [0, 0.1) is 0 Å². The first kappa shape index (κ1) is 13.6. The molecule has 0 bridgehead atoms. The monoisotopic (exact) mass is 273 g/mol. The number of aliphatic imine (C=N–C) groups is 2. The summed E-state index contributed by atoms with van der Waals surface area (Å²) in [4.78, 5) is 8.92. The topological polar surface area (TPSA) is 36.8 Å². The molecule has 0 amide bonds. The molecular weight excluding hydrogens is 258 g/mol. The molecule has 1 aromatic carbocycles. The SMILES string of the molecule is C/C=C\C(=C/C)C1=NC(c2ccccc2)N=C(Cl)N1. The molecule has 1 atom stereocenters. The van der Waals surface area contributed by atoms with Crippen LogP contribution in [0.4, 0.5) is 0 Å². The van der Waals surface area contributed by atoms with Gasteiger partial charge in [-0.2, -0.15) is 0 Å². The molecule has 0 spiro atoms. The van der Waals surface area contributed by atoms with Crippen molar-refractivity contribution in [3.8, 4) is 0 Å². The molecule has 4 heteroatoms. The molecule has 1 unspecified atom stereocenters. The Bertz CT molecular complexity index is 556. The molecule has 0 saturated heterocycles. The number of nitrogens with one attached hydrogen (secondary N) is 1. The van der Waals surface area contributed by atoms with Gasteiger partial charge in [0.25, 0.3) is 0 Å². The lowest BCUT2D eigenvalue weighted by molar-refractivity contribution is 0.760. The van der Waals surface area contributed by atoms with Crippen molar-refractivity contribution in [2.45, 2.75) is 20.0 Å². The summed E-state index contributed by atoms with van der Waals surface area (Å²) in [7, 11) is 0. The van der Waals surface area contributed by atoms with Gasteiger partial charge in [-0.1, -0.05) is 48.6 Å². The van der Waals surface area contributed by atoms with Crippen molar-refractivity contribution in [2.75, 3.05) is 0 Å². The van der Waals surface area contributed by atoms with E-state index >= 15 is 0 Å². The fourth-order valence-electron chi connectivity index (χ4n) is 1.83. The van der Waals surface area contributed by atoms with Crippen molar-refractivity contribution in [3.63, 3.8) is 0 Å². The molecule has 0 aliphatic carbocycles. The van der Waals surface area contributed by atoms with Crippen LogP contribution >= 0.6 is 11.6 Å². The van der Waals surface area contributed by atoms with Crippen LogP contribution in [0.25, 0.3) is 0 Å². The van der Waals surface area contributed by atoms with Gasteiger partial charge in [-0.25, -0.2) is 9.98 Å². The highest BCUT2D eigenvalue weighted by Gasteiger charge is 2.18. The molecule has 0 saturated carbocycles. The van der Waals surface area contributed by atoms with Gasteiger partial charge in [0, 0.05) is 5.57 Å². The van der Waals surface area contributed by atoms with Gasteiger partial charge in [0.2, 0.25) is 0 Å². The van der Waals surface area contributed by atoms with Gasteiger partial charge in [-0.3, -0.25) is 0 Å². The van der Waals surface area contributed by atoms with E-state index in [2.05, 4.69) is 15.3 Å². The Morgan fingerprint density at radius 1 is 1.21 bits per heavy atom. The first-order chi connectivity index (χ1) is 9.24. The number of nitrogens with zero attached hydrogens (tertiary/aromatic N) is 2. The molecular formula is C15H16ClN3. The van der Waals surface area contributed by atoms with E-state index in [0.717, 1.165) is 17.0 Å². The number of hydrogen-bond donors (Lipinski definition) is 1. The van der Waals surface area contributed by atoms with E-state index in [1.807, 2.05) is 62.4 Å². The van der Waals surface area contributed by atoms with Crippen LogP contribution in [0.2, 0.25) is 0 Å². The Balaban J connectivity index is 2.35. The first-order valence-electron chi connectivity index (χ1n) is 6.17. The van der Waals surface area contributed by atoms with Gasteiger partial charge in [0.15, 0.2) is 11.5 Å². The largest absolute Gasteiger partial charge is 0.315 e. The lowest BCUT2D eigenvalue weighted by atomic mass is 10.1. The predicted molar refractivity (Wildman–Crippen MR) is 81.6 cm³/mol. The van der Waals surface area contributed by atoms with Crippen LogP contribution in [0.3, 0.4) is 0 Å². The fraction of sp³-hybridized carbons (Fsp3) is 0.200. The summed E-state index contributed by atoms with van der Waals surface area (Å²) in [6.45, 7) is 3.94. The first-order valence-corrected chi connectivity index (χ1v) is 6.55. The minimum absolute atomic E-state index is 0.287. The molecule has 2 rings (SSSR count). The quantitative estimate of drug-likeness (QED) is 0.660. The lowest BCUT2D eigenvalue weighted by Crippen LogP contribution is -2.32. The Labute approximate surface area is 118 Å². The molecule has 0 fully saturated rings. The summed E-state index contributed by atoms with van der Waals surface area (Å²) < 4.78 is 0. The second-order valence-electron chi connectivity index (χ2n) is 4.05. The molecule has 1 N–H and O–H groups in total. The summed E-state index contributed by atoms with van der Waals surface area (Å²) >= 11 is 6.06. The third-order valence-corrected chi connectivity index (χ3v) is 2.93. The maximum atomic E-state index is 6.06. The standard InChI is InChI=1S/C15H16ClN3/c1-3-8-11(4-2)13-17-14(19-15(16)18-13)12-9-6-5-7-10-12/h3-10,14H,1-2H3,(H,17,18,19)/b8-3-,11-4+. The molecule has 1 aliphatic rings. The van der Waals surface area contributed by atoms with Gasteiger partial charge < -0.3 is 5.32 Å². The number of rotatable bonds is 3. The van der Waals surface area contributed by atoms with Gasteiger partial charge in [-0.15, -0.1) is 0 Å². The van der Waals surface area contributed by atoms with E-state index in [9.17, 15) is 0 Å². The highest BCUT2D eigenvalue weighted by Crippen LogP contribution is 2.22. The normalized spacial score (nSPS) is 19.9. The Morgan fingerprint density at radius 2 is 1.95 bits per heavy atom. The van der Waals surface area contributed by atoms with E-state index in [-0.39, 0.29) is 6.17 Å². The Morgan fingerprint density at radius 3 is 2.58 bits per heavy atom. The van der Waals surface area contributed by atoms with Gasteiger partial charge in [0.1, 0.15) is 5.84 Å². The van der Waals surface area contributed by atoms with Crippen molar-refractivity contribution in [1.29, 1.82) is 0 Å². The average Bonchev–Trinajstić information content (AvgIpc) is 2.45. The molecule has 1 aliphatic heterocycles. The third-order valence-electron chi connectivity index (χ3n) is 2.74. The van der Waals surface area contributed by atoms with Crippen molar-refractivity contribution < 1.29 is 0 Å². The van der Waals surface area contributed by atoms with Crippen molar-refractivity contribution in [2.24, 2.45) is 9.98 Å². The third kappa shape index (κ3) is 3.32. The van der Waals surface area contributed by atoms with Crippen LogP contribution in [-0.4, -0.2) is 11.1 Å². The fourth-order valence-corrected chi connectivity index (χ4v) is 2.02. The Kier molecular flexibility index (Phi) is 4.53. The van der Waals surface area contributed by atoms with E-state index < -0.39 is 0 Å². The number of halogens is 1. The van der Waals surface area contributed by atoms with E-state index in [1.54, 1.807) is 0 Å². The number of hydrogen-bond acceptors (Lipinski definition) is 3. The minimum Gasteiger partial charge on any atom is -0.315 e. The molecule has 0 radical (unpaired) electrons. The maximum Gasteiger partial charge on any atom is 0.199 e. The zero-order valence-electron chi connectivity index (χ0n) is 11.0. The van der Waals surface area contributed by atoms with Crippen LogP contribution in [0.15, 0.2) is 64.1 Å². The molecule has 1 heterocycles. The smallest absolute Gasteiger partial charge is 0.199 e. The second kappa shape index (κ2) is 6.34. The zero-order chi connectivity index (χ0) is 13.7. The van der Waals surface area contributed by atoms with Gasteiger partial charge in [0.05, 0.1) is 0 Å². The van der Waals surface area contributed by atoms with Gasteiger partial charge >= 0.3 is 0 Å². The zero-order valence-corrected chi connectivity index (χ0v) is 11.7. The second-order valence-corrected chi connectivity index (χ2v) is 4.41. The van der Waals surface area contributed by atoms with Crippen LogP contribution in [0.1, 0.15) is 25.6 Å². The molecule has 1 aromatic rings. The molecule has 0 aromatic heterocycles. The summed E-state index contributed by atoms with van der Waals surface area (Å²) in [5.74, 6) is 0.745. The predicted octanol–water partition coefficient (Wildman–Crippen LogP) is 3.80. The number of amidine groups is 2.